The number of rotatable bonds is 5. The first-order chi connectivity index (χ1) is 15.4. The molecule has 2 aromatic carbocycles. The van der Waals surface area contributed by atoms with E-state index in [2.05, 4.69) is 0 Å². The van der Waals surface area contributed by atoms with Crippen LogP contribution in [0.4, 0.5) is 0 Å². The molecule has 6 heteroatoms. The molecular weight excluding hydrogens is 406 g/mol. The number of nitrogens with zero attached hydrogens (tertiary/aromatic N) is 1. The number of hydrogen-bond acceptors (Lipinski definition) is 5. The minimum atomic E-state index is -0.658. The number of carbonyl (C=O) groups excluding carboxylic acids is 2. The second kappa shape index (κ2) is 8.69. The van der Waals surface area contributed by atoms with E-state index in [0.717, 1.165) is 42.4 Å². The Hall–Kier alpha value is -3.28. The standard InChI is InChI=1S/C26H29NO5/c1-15-13-16(2)25(32-4)20(14-15)23(28)21-22(17-9-11-19(31-3)12-10-17)27(26(30)24(21)29)18-7-5-6-8-18/h9-14,18,22,28H,5-8H2,1-4H3/b23-21+. The van der Waals surface area contributed by atoms with E-state index in [1.54, 1.807) is 18.1 Å². The molecule has 1 N–H and O–H groups in total. The van der Waals surface area contributed by atoms with Gasteiger partial charge in [-0.05, 0) is 61.6 Å². The number of likely N-dealkylation sites (tertiary alicyclic amines) is 1. The number of aryl methyl sites for hydroxylation is 2. The predicted octanol–water partition coefficient (Wildman–Crippen LogP) is 4.68. The zero-order valence-electron chi connectivity index (χ0n) is 19.0. The third-order valence-electron chi connectivity index (χ3n) is 6.51. The Labute approximate surface area is 188 Å². The van der Waals surface area contributed by atoms with E-state index >= 15 is 0 Å². The molecule has 1 saturated heterocycles. The highest BCUT2D eigenvalue weighted by molar-refractivity contribution is 6.46. The SMILES string of the molecule is COc1ccc(C2/C(=C(\O)c3cc(C)cc(C)c3OC)C(=O)C(=O)N2C2CCCC2)cc1. The number of carbonyl (C=O) groups is 2. The van der Waals surface area contributed by atoms with Gasteiger partial charge in [-0.15, -0.1) is 0 Å². The molecule has 2 aliphatic rings. The summed E-state index contributed by atoms with van der Waals surface area (Å²) in [6, 6.07) is 10.4. The van der Waals surface area contributed by atoms with Crippen LogP contribution >= 0.6 is 0 Å². The number of amides is 1. The molecule has 4 rings (SSSR count). The Kier molecular flexibility index (Phi) is 5.96. The van der Waals surface area contributed by atoms with Gasteiger partial charge in [-0.2, -0.15) is 0 Å². The van der Waals surface area contributed by atoms with E-state index in [1.807, 2.05) is 44.2 Å². The van der Waals surface area contributed by atoms with Crippen LogP contribution in [0.5, 0.6) is 11.5 Å². The molecule has 0 bridgehead atoms. The summed E-state index contributed by atoms with van der Waals surface area (Å²) in [7, 11) is 3.12. The number of aliphatic hydroxyl groups is 1. The van der Waals surface area contributed by atoms with Crippen LogP contribution in [0.2, 0.25) is 0 Å². The van der Waals surface area contributed by atoms with Crippen LogP contribution in [-0.4, -0.2) is 42.0 Å². The molecule has 1 aliphatic heterocycles. The average Bonchev–Trinajstić information content (AvgIpc) is 3.40. The summed E-state index contributed by atoms with van der Waals surface area (Å²) in [6.45, 7) is 3.81. The summed E-state index contributed by atoms with van der Waals surface area (Å²) in [4.78, 5) is 28.2. The summed E-state index contributed by atoms with van der Waals surface area (Å²) >= 11 is 0. The van der Waals surface area contributed by atoms with Gasteiger partial charge in [0.2, 0.25) is 0 Å². The molecule has 0 radical (unpaired) electrons. The Morgan fingerprint density at radius 3 is 2.25 bits per heavy atom. The number of hydrogen-bond donors (Lipinski definition) is 1. The fraction of sp³-hybridized carbons (Fsp3) is 0.385. The van der Waals surface area contributed by atoms with Crippen LogP contribution in [0.15, 0.2) is 42.0 Å². The molecule has 0 aromatic heterocycles. The predicted molar refractivity (Wildman–Crippen MR) is 122 cm³/mol. The lowest BCUT2D eigenvalue weighted by molar-refractivity contribution is -0.141. The second-order valence-corrected chi connectivity index (χ2v) is 8.58. The van der Waals surface area contributed by atoms with Crippen LogP contribution in [0.25, 0.3) is 5.76 Å². The normalized spacial score (nSPS) is 20.8. The van der Waals surface area contributed by atoms with E-state index in [4.69, 9.17) is 9.47 Å². The van der Waals surface area contributed by atoms with Gasteiger partial charge in [0.25, 0.3) is 11.7 Å². The van der Waals surface area contributed by atoms with Gasteiger partial charge in [-0.25, -0.2) is 0 Å². The number of Topliss-reactive ketones (excluding diaryl/α,β-unsaturated/α-hetero) is 1. The quantitative estimate of drug-likeness (QED) is 0.419. The van der Waals surface area contributed by atoms with E-state index in [1.165, 1.54) is 7.11 Å². The molecule has 2 fully saturated rings. The van der Waals surface area contributed by atoms with Crippen molar-refractivity contribution in [2.45, 2.75) is 51.6 Å². The lowest BCUT2D eigenvalue weighted by Gasteiger charge is -2.31. The molecule has 6 nitrogen and oxygen atoms in total. The van der Waals surface area contributed by atoms with E-state index in [9.17, 15) is 14.7 Å². The van der Waals surface area contributed by atoms with Crippen molar-refractivity contribution in [3.05, 3.63) is 64.2 Å². The largest absolute Gasteiger partial charge is 0.507 e. The number of ether oxygens (including phenoxy) is 2. The fourth-order valence-corrected chi connectivity index (χ4v) is 5.07. The van der Waals surface area contributed by atoms with Crippen molar-refractivity contribution in [2.75, 3.05) is 14.2 Å². The van der Waals surface area contributed by atoms with Crippen LogP contribution in [0, 0.1) is 13.8 Å². The van der Waals surface area contributed by atoms with E-state index < -0.39 is 17.7 Å². The molecule has 0 spiro atoms. The van der Waals surface area contributed by atoms with Crippen LogP contribution < -0.4 is 9.47 Å². The zero-order valence-corrected chi connectivity index (χ0v) is 19.0. The monoisotopic (exact) mass is 435 g/mol. The third kappa shape index (κ3) is 3.64. The van der Waals surface area contributed by atoms with Crippen molar-refractivity contribution in [1.29, 1.82) is 0 Å². The molecule has 1 aliphatic carbocycles. The highest BCUT2D eigenvalue weighted by Gasteiger charge is 2.49. The summed E-state index contributed by atoms with van der Waals surface area (Å²) < 4.78 is 10.8. The number of aliphatic hydroxyl groups excluding tert-OH is 1. The van der Waals surface area contributed by atoms with Gasteiger partial charge in [0.15, 0.2) is 0 Å². The first kappa shape index (κ1) is 21.9. The Balaban J connectivity index is 1.93. The minimum absolute atomic E-state index is 0.0232. The van der Waals surface area contributed by atoms with Crippen molar-refractivity contribution >= 4 is 17.4 Å². The molecule has 1 saturated carbocycles. The minimum Gasteiger partial charge on any atom is -0.507 e. The van der Waals surface area contributed by atoms with Gasteiger partial charge in [-0.1, -0.05) is 31.0 Å². The van der Waals surface area contributed by atoms with Gasteiger partial charge in [0.05, 0.1) is 31.4 Å². The van der Waals surface area contributed by atoms with Gasteiger partial charge in [-0.3, -0.25) is 9.59 Å². The maximum absolute atomic E-state index is 13.3. The van der Waals surface area contributed by atoms with Gasteiger partial charge in [0.1, 0.15) is 17.3 Å². The van der Waals surface area contributed by atoms with E-state index in [-0.39, 0.29) is 17.4 Å². The molecule has 1 atom stereocenters. The van der Waals surface area contributed by atoms with E-state index in [0.29, 0.717) is 17.1 Å². The second-order valence-electron chi connectivity index (χ2n) is 8.58. The molecule has 168 valence electrons. The topological polar surface area (TPSA) is 76.1 Å². The Bertz CT molecular complexity index is 1080. The maximum atomic E-state index is 13.3. The van der Waals surface area contributed by atoms with Crippen LogP contribution in [0.3, 0.4) is 0 Å². The van der Waals surface area contributed by atoms with Gasteiger partial charge in [0, 0.05) is 6.04 Å². The Morgan fingerprint density at radius 1 is 1.00 bits per heavy atom. The number of methoxy groups -OCH3 is 2. The van der Waals surface area contributed by atoms with Gasteiger partial charge < -0.3 is 19.5 Å². The first-order valence-electron chi connectivity index (χ1n) is 11.0. The first-order valence-corrected chi connectivity index (χ1v) is 11.0. The van der Waals surface area contributed by atoms with Gasteiger partial charge >= 0.3 is 0 Å². The highest BCUT2D eigenvalue weighted by Crippen LogP contribution is 2.45. The molecular formula is C26H29NO5. The summed E-state index contributed by atoms with van der Waals surface area (Å²) in [5.74, 6) is -0.233. The average molecular weight is 436 g/mol. The van der Waals surface area contributed by atoms with Crippen molar-refractivity contribution in [1.82, 2.24) is 4.90 Å². The molecule has 1 unspecified atom stereocenters. The Morgan fingerprint density at radius 2 is 1.66 bits per heavy atom. The van der Waals surface area contributed by atoms with Crippen molar-refractivity contribution in [2.24, 2.45) is 0 Å². The summed E-state index contributed by atoms with van der Waals surface area (Å²) in [6.07, 6.45) is 3.75. The lowest BCUT2D eigenvalue weighted by Crippen LogP contribution is -2.37. The smallest absolute Gasteiger partial charge is 0.295 e. The molecule has 1 amide bonds. The van der Waals surface area contributed by atoms with Crippen molar-refractivity contribution < 1.29 is 24.2 Å². The molecule has 1 heterocycles. The van der Waals surface area contributed by atoms with Crippen LogP contribution in [-0.2, 0) is 9.59 Å². The van der Waals surface area contributed by atoms with Crippen LogP contribution in [0.1, 0.15) is 54.0 Å². The van der Waals surface area contributed by atoms with Crippen molar-refractivity contribution in [3.8, 4) is 11.5 Å². The molecule has 32 heavy (non-hydrogen) atoms. The fourth-order valence-electron chi connectivity index (χ4n) is 5.07. The summed E-state index contributed by atoms with van der Waals surface area (Å²) in [5, 5.41) is 11.4. The molecule has 2 aromatic rings. The van der Waals surface area contributed by atoms with Crippen molar-refractivity contribution in [3.63, 3.8) is 0 Å². The zero-order chi connectivity index (χ0) is 23.0. The summed E-state index contributed by atoms with van der Waals surface area (Å²) in [5.41, 5.74) is 3.07. The third-order valence-corrected chi connectivity index (χ3v) is 6.51. The number of ketones is 1. The number of benzene rings is 2. The maximum Gasteiger partial charge on any atom is 0.295 e. The highest BCUT2D eigenvalue weighted by atomic mass is 16.5. The lowest BCUT2D eigenvalue weighted by atomic mass is 9.93.